The normalized spacial score (nSPS) is 12.9. The maximum absolute atomic E-state index is 11.5. The molecule has 0 saturated heterocycles. The predicted octanol–water partition coefficient (Wildman–Crippen LogP) is 2.02. The number of anilines is 1. The summed E-state index contributed by atoms with van der Waals surface area (Å²) in [4.78, 5) is 13.6. The van der Waals surface area contributed by atoms with E-state index in [1.54, 1.807) is 6.92 Å². The average Bonchev–Trinajstić information content (AvgIpc) is 2.45. The zero-order valence-corrected chi connectivity index (χ0v) is 11.3. The molecule has 1 rings (SSSR count). The van der Waals surface area contributed by atoms with Crippen LogP contribution in [-0.2, 0) is 0 Å². The third-order valence-corrected chi connectivity index (χ3v) is 3.10. The number of Topliss-reactive ketones (excluding diaryl/α,β-unsaturated/α-hetero) is 1. The number of rotatable bonds is 5. The van der Waals surface area contributed by atoms with Gasteiger partial charge in [-0.3, -0.25) is 4.79 Å². The molecule has 0 bridgehead atoms. The molecule has 0 saturated carbocycles. The van der Waals surface area contributed by atoms with Gasteiger partial charge in [0.05, 0.1) is 11.3 Å². The number of hydrogen-bond donors (Lipinski definition) is 1. The number of carbonyl (C=O) groups is 1. The molecular formula is C11H19N3OS. The standard InChI is InChI=1S/C11H19N3OS/c1-7(6-14(4)5)12-11-10(9(3)15)8(2)13-16-11/h7,12H,6H2,1-5H3. The molecule has 0 fully saturated rings. The van der Waals surface area contributed by atoms with Crippen LogP contribution in [0.3, 0.4) is 0 Å². The van der Waals surface area contributed by atoms with Gasteiger partial charge >= 0.3 is 0 Å². The van der Waals surface area contributed by atoms with Gasteiger partial charge in [0.1, 0.15) is 5.00 Å². The minimum atomic E-state index is 0.0748. The van der Waals surface area contributed by atoms with Gasteiger partial charge in [0.15, 0.2) is 5.78 Å². The largest absolute Gasteiger partial charge is 0.371 e. The SMILES string of the molecule is CC(=O)c1c(C)nsc1NC(C)CN(C)C. The first-order chi connectivity index (χ1) is 7.41. The lowest BCUT2D eigenvalue weighted by atomic mass is 10.2. The summed E-state index contributed by atoms with van der Waals surface area (Å²) in [6.45, 7) is 6.47. The Morgan fingerprint density at radius 3 is 2.69 bits per heavy atom. The van der Waals surface area contributed by atoms with Crippen molar-refractivity contribution in [3.05, 3.63) is 11.3 Å². The molecule has 0 aliphatic carbocycles. The lowest BCUT2D eigenvalue weighted by molar-refractivity contribution is 0.101. The molecule has 90 valence electrons. The molecule has 0 spiro atoms. The van der Waals surface area contributed by atoms with E-state index in [9.17, 15) is 4.79 Å². The van der Waals surface area contributed by atoms with Gasteiger partial charge in [0.2, 0.25) is 0 Å². The van der Waals surface area contributed by atoms with E-state index in [4.69, 9.17) is 0 Å². The molecule has 4 nitrogen and oxygen atoms in total. The molecule has 0 amide bonds. The minimum absolute atomic E-state index is 0.0748. The highest BCUT2D eigenvalue weighted by molar-refractivity contribution is 7.10. The second-order valence-corrected chi connectivity index (χ2v) is 5.11. The fraction of sp³-hybridized carbons (Fsp3) is 0.636. The van der Waals surface area contributed by atoms with Crippen molar-refractivity contribution >= 4 is 22.3 Å². The third-order valence-electron chi connectivity index (χ3n) is 2.23. The van der Waals surface area contributed by atoms with E-state index in [0.717, 1.165) is 22.8 Å². The fourth-order valence-electron chi connectivity index (χ4n) is 1.70. The number of likely N-dealkylation sites (N-methyl/N-ethyl adjacent to an activating group) is 1. The second kappa shape index (κ2) is 5.41. The first-order valence-corrected chi connectivity index (χ1v) is 6.07. The van der Waals surface area contributed by atoms with E-state index < -0.39 is 0 Å². The Balaban J connectivity index is 2.77. The quantitative estimate of drug-likeness (QED) is 0.801. The van der Waals surface area contributed by atoms with Crippen LogP contribution in [-0.4, -0.2) is 41.7 Å². The summed E-state index contributed by atoms with van der Waals surface area (Å²) in [7, 11) is 4.06. The van der Waals surface area contributed by atoms with Gasteiger partial charge in [-0.15, -0.1) is 0 Å². The van der Waals surface area contributed by atoms with Gasteiger partial charge in [0.25, 0.3) is 0 Å². The summed E-state index contributed by atoms with van der Waals surface area (Å²) in [5.41, 5.74) is 1.55. The Morgan fingerprint density at radius 2 is 2.19 bits per heavy atom. The van der Waals surface area contributed by atoms with Crippen LogP contribution < -0.4 is 5.32 Å². The lowest BCUT2D eigenvalue weighted by Gasteiger charge is -2.18. The molecule has 1 heterocycles. The summed E-state index contributed by atoms with van der Waals surface area (Å²) >= 11 is 1.36. The number of aryl methyl sites for hydroxylation is 1. The molecule has 0 aromatic carbocycles. The maximum atomic E-state index is 11.5. The van der Waals surface area contributed by atoms with Crippen LogP contribution in [0.4, 0.5) is 5.00 Å². The Hall–Kier alpha value is -0.940. The van der Waals surface area contributed by atoms with Crippen LogP contribution in [0, 0.1) is 6.92 Å². The molecule has 16 heavy (non-hydrogen) atoms. The number of carbonyl (C=O) groups excluding carboxylic acids is 1. The van der Waals surface area contributed by atoms with Crippen LogP contribution in [0.15, 0.2) is 0 Å². The van der Waals surface area contributed by atoms with E-state index in [1.807, 2.05) is 21.0 Å². The Morgan fingerprint density at radius 1 is 1.56 bits per heavy atom. The topological polar surface area (TPSA) is 45.2 Å². The van der Waals surface area contributed by atoms with Crippen molar-refractivity contribution in [2.24, 2.45) is 0 Å². The summed E-state index contributed by atoms with van der Waals surface area (Å²) in [5.74, 6) is 0.0748. The van der Waals surface area contributed by atoms with Gasteiger partial charge in [-0.2, -0.15) is 4.37 Å². The third kappa shape index (κ3) is 3.28. The Labute approximate surface area is 101 Å². The van der Waals surface area contributed by atoms with Gasteiger partial charge in [-0.25, -0.2) is 0 Å². The average molecular weight is 241 g/mol. The van der Waals surface area contributed by atoms with E-state index in [1.165, 1.54) is 11.5 Å². The highest BCUT2D eigenvalue weighted by Gasteiger charge is 2.16. The first-order valence-electron chi connectivity index (χ1n) is 5.30. The van der Waals surface area contributed by atoms with Crippen molar-refractivity contribution in [1.29, 1.82) is 0 Å². The molecule has 5 heteroatoms. The van der Waals surface area contributed by atoms with Crippen molar-refractivity contribution in [2.45, 2.75) is 26.8 Å². The fourth-order valence-corrected chi connectivity index (χ4v) is 2.66. The van der Waals surface area contributed by atoms with Crippen LogP contribution in [0.5, 0.6) is 0 Å². The summed E-state index contributed by atoms with van der Waals surface area (Å²) in [6, 6.07) is 0.299. The predicted molar refractivity (Wildman–Crippen MR) is 68.5 cm³/mol. The van der Waals surface area contributed by atoms with E-state index in [2.05, 4.69) is 21.5 Å². The lowest BCUT2D eigenvalue weighted by Crippen LogP contribution is -2.29. The van der Waals surface area contributed by atoms with Gasteiger partial charge in [-0.1, -0.05) is 0 Å². The monoisotopic (exact) mass is 241 g/mol. The molecule has 0 aliphatic heterocycles. The molecule has 1 unspecified atom stereocenters. The maximum Gasteiger partial charge on any atom is 0.164 e. The van der Waals surface area contributed by atoms with Crippen molar-refractivity contribution in [3.63, 3.8) is 0 Å². The van der Waals surface area contributed by atoms with Crippen LogP contribution in [0.25, 0.3) is 0 Å². The highest BCUT2D eigenvalue weighted by atomic mass is 32.1. The van der Waals surface area contributed by atoms with Crippen molar-refractivity contribution < 1.29 is 4.79 Å². The van der Waals surface area contributed by atoms with Crippen LogP contribution >= 0.6 is 11.5 Å². The molecule has 1 atom stereocenters. The molecule has 1 aromatic heterocycles. The van der Waals surface area contributed by atoms with Crippen molar-refractivity contribution in [1.82, 2.24) is 9.27 Å². The summed E-state index contributed by atoms with van der Waals surface area (Å²) < 4.78 is 4.21. The van der Waals surface area contributed by atoms with E-state index in [-0.39, 0.29) is 5.78 Å². The summed E-state index contributed by atoms with van der Waals surface area (Å²) in [5, 5.41) is 4.23. The van der Waals surface area contributed by atoms with Gasteiger partial charge in [-0.05, 0) is 46.4 Å². The zero-order valence-electron chi connectivity index (χ0n) is 10.5. The number of nitrogens with one attached hydrogen (secondary N) is 1. The second-order valence-electron chi connectivity index (χ2n) is 4.34. The van der Waals surface area contributed by atoms with Crippen LogP contribution in [0.1, 0.15) is 29.9 Å². The Kier molecular flexibility index (Phi) is 4.44. The molecule has 1 N–H and O–H groups in total. The molecule has 1 aromatic rings. The zero-order chi connectivity index (χ0) is 12.3. The number of aromatic nitrogens is 1. The highest BCUT2D eigenvalue weighted by Crippen LogP contribution is 2.25. The van der Waals surface area contributed by atoms with Gasteiger partial charge < -0.3 is 10.2 Å². The van der Waals surface area contributed by atoms with E-state index in [0.29, 0.717) is 6.04 Å². The van der Waals surface area contributed by atoms with Crippen LogP contribution in [0.2, 0.25) is 0 Å². The Bertz CT molecular complexity index is 373. The molecular weight excluding hydrogens is 222 g/mol. The van der Waals surface area contributed by atoms with Crippen molar-refractivity contribution in [2.75, 3.05) is 26.0 Å². The van der Waals surface area contributed by atoms with Gasteiger partial charge in [0, 0.05) is 12.6 Å². The minimum Gasteiger partial charge on any atom is -0.371 e. The first kappa shape index (κ1) is 13.1. The van der Waals surface area contributed by atoms with Crippen molar-refractivity contribution in [3.8, 4) is 0 Å². The number of ketones is 1. The summed E-state index contributed by atoms with van der Waals surface area (Å²) in [6.07, 6.45) is 0. The number of nitrogens with zero attached hydrogens (tertiary/aromatic N) is 2. The smallest absolute Gasteiger partial charge is 0.164 e. The molecule has 0 radical (unpaired) electrons. The molecule has 0 aliphatic rings. The van der Waals surface area contributed by atoms with E-state index >= 15 is 0 Å². The number of hydrogen-bond acceptors (Lipinski definition) is 5.